The number of anilines is 2. The van der Waals surface area contributed by atoms with Gasteiger partial charge in [0.1, 0.15) is 16.6 Å². The van der Waals surface area contributed by atoms with Crippen molar-refractivity contribution in [3.05, 3.63) is 35.4 Å². The highest BCUT2D eigenvalue weighted by atomic mass is 32.1. The Labute approximate surface area is 111 Å². The van der Waals surface area contributed by atoms with E-state index in [0.717, 1.165) is 29.3 Å². The zero-order valence-corrected chi connectivity index (χ0v) is 11.4. The van der Waals surface area contributed by atoms with Gasteiger partial charge in [0, 0.05) is 12.1 Å². The molecule has 96 valence electrons. The van der Waals surface area contributed by atoms with Gasteiger partial charge >= 0.3 is 0 Å². The number of benzene rings is 1. The summed E-state index contributed by atoms with van der Waals surface area (Å²) < 4.78 is 9.30. The normalized spacial score (nSPS) is 10.3. The van der Waals surface area contributed by atoms with Crippen LogP contribution >= 0.6 is 11.5 Å². The number of nitrogens with two attached hydrogens (primary N) is 1. The van der Waals surface area contributed by atoms with Crippen LogP contribution in [0.15, 0.2) is 24.3 Å². The topological polar surface area (TPSA) is 60.2 Å². The highest BCUT2D eigenvalue weighted by Crippen LogP contribution is 2.25. The average molecular weight is 263 g/mol. The molecule has 1 aromatic carbocycles. The van der Waals surface area contributed by atoms with E-state index >= 15 is 0 Å². The fraction of sp³-hybridized carbons (Fsp3) is 0.308. The Kier molecular flexibility index (Phi) is 4.04. The Morgan fingerprint density at radius 1 is 1.44 bits per heavy atom. The monoisotopic (exact) mass is 263 g/mol. The third-order valence-electron chi connectivity index (χ3n) is 2.79. The molecule has 0 saturated carbocycles. The number of nitrogens with one attached hydrogen (secondary N) is 1. The first-order chi connectivity index (χ1) is 8.70. The van der Waals surface area contributed by atoms with E-state index in [2.05, 4.69) is 21.8 Å². The summed E-state index contributed by atoms with van der Waals surface area (Å²) in [6.07, 6.45) is 0.939. The lowest BCUT2D eigenvalue weighted by molar-refractivity contribution is 0.414. The largest absolute Gasteiger partial charge is 0.497 e. The molecule has 5 heteroatoms. The summed E-state index contributed by atoms with van der Waals surface area (Å²) >= 11 is 1.41. The first-order valence-corrected chi connectivity index (χ1v) is 6.56. The van der Waals surface area contributed by atoms with Crippen molar-refractivity contribution >= 4 is 22.4 Å². The van der Waals surface area contributed by atoms with Crippen molar-refractivity contribution < 1.29 is 4.74 Å². The van der Waals surface area contributed by atoms with E-state index in [4.69, 9.17) is 10.5 Å². The summed E-state index contributed by atoms with van der Waals surface area (Å²) in [5.41, 5.74) is 7.98. The van der Waals surface area contributed by atoms with Crippen LogP contribution in [-0.2, 0) is 6.42 Å². The molecule has 0 aliphatic heterocycles. The first kappa shape index (κ1) is 12.7. The lowest BCUT2D eigenvalue weighted by Gasteiger charge is -2.06. The molecule has 0 atom stereocenters. The Hall–Kier alpha value is -1.75. The molecular formula is C13H17N3OS. The molecule has 0 aliphatic carbocycles. The summed E-state index contributed by atoms with van der Waals surface area (Å²) in [7, 11) is 1.68. The van der Waals surface area contributed by atoms with Crippen LogP contribution in [0.5, 0.6) is 5.75 Å². The average Bonchev–Trinajstić information content (AvgIpc) is 2.71. The second kappa shape index (κ2) is 5.73. The van der Waals surface area contributed by atoms with Crippen molar-refractivity contribution in [2.24, 2.45) is 0 Å². The van der Waals surface area contributed by atoms with Crippen molar-refractivity contribution in [3.8, 4) is 5.75 Å². The van der Waals surface area contributed by atoms with E-state index in [1.54, 1.807) is 7.11 Å². The third kappa shape index (κ3) is 2.92. The Balaban J connectivity index is 1.90. The summed E-state index contributed by atoms with van der Waals surface area (Å²) in [5, 5.41) is 4.41. The fourth-order valence-electron chi connectivity index (χ4n) is 1.66. The van der Waals surface area contributed by atoms with E-state index in [1.807, 2.05) is 19.1 Å². The number of nitrogen functional groups attached to an aromatic ring is 1. The molecule has 0 saturated heterocycles. The van der Waals surface area contributed by atoms with Gasteiger partial charge in [0.15, 0.2) is 0 Å². The SMILES string of the molecule is COc1cccc(CCNc2snc(N)c2C)c1. The molecule has 0 aliphatic rings. The second-order valence-electron chi connectivity index (χ2n) is 4.05. The van der Waals surface area contributed by atoms with Crippen LogP contribution in [0.25, 0.3) is 0 Å². The molecule has 0 unspecified atom stereocenters. The van der Waals surface area contributed by atoms with Crippen LogP contribution in [0.3, 0.4) is 0 Å². The predicted octanol–water partition coefficient (Wildman–Crippen LogP) is 2.70. The minimum absolute atomic E-state index is 0.615. The lowest BCUT2D eigenvalue weighted by Crippen LogP contribution is -2.04. The van der Waals surface area contributed by atoms with Crippen LogP contribution in [0.1, 0.15) is 11.1 Å². The molecule has 0 spiro atoms. The molecule has 1 heterocycles. The van der Waals surface area contributed by atoms with Crippen molar-refractivity contribution in [3.63, 3.8) is 0 Å². The zero-order valence-electron chi connectivity index (χ0n) is 10.6. The molecule has 0 fully saturated rings. The standard InChI is InChI=1S/C13H17N3OS/c1-9-12(14)16-18-13(9)15-7-6-10-4-3-5-11(8-10)17-2/h3-5,8,15H,6-7H2,1-2H3,(H2,14,16). The first-order valence-electron chi connectivity index (χ1n) is 5.79. The number of hydrogen-bond donors (Lipinski definition) is 2. The van der Waals surface area contributed by atoms with E-state index in [0.29, 0.717) is 5.82 Å². The molecule has 2 rings (SSSR count). The number of hydrogen-bond acceptors (Lipinski definition) is 5. The maximum atomic E-state index is 5.70. The fourth-order valence-corrected chi connectivity index (χ4v) is 2.40. The minimum Gasteiger partial charge on any atom is -0.497 e. The molecule has 2 aromatic rings. The summed E-state index contributed by atoms with van der Waals surface area (Å²) in [6, 6.07) is 8.10. The number of ether oxygens (including phenoxy) is 1. The van der Waals surface area contributed by atoms with Crippen molar-refractivity contribution in [1.29, 1.82) is 0 Å². The maximum absolute atomic E-state index is 5.70. The minimum atomic E-state index is 0.615. The van der Waals surface area contributed by atoms with E-state index in [1.165, 1.54) is 17.1 Å². The van der Waals surface area contributed by atoms with Crippen molar-refractivity contribution in [2.75, 3.05) is 24.7 Å². The molecule has 1 aromatic heterocycles. The van der Waals surface area contributed by atoms with Crippen LogP contribution in [0.2, 0.25) is 0 Å². The number of nitrogens with zero attached hydrogens (tertiary/aromatic N) is 1. The Morgan fingerprint density at radius 3 is 2.94 bits per heavy atom. The van der Waals surface area contributed by atoms with Gasteiger partial charge < -0.3 is 15.8 Å². The molecular weight excluding hydrogens is 246 g/mol. The van der Waals surface area contributed by atoms with Crippen LogP contribution < -0.4 is 15.8 Å². The predicted molar refractivity (Wildman–Crippen MR) is 76.5 cm³/mol. The van der Waals surface area contributed by atoms with Crippen LogP contribution in [-0.4, -0.2) is 18.0 Å². The molecule has 3 N–H and O–H groups in total. The highest BCUT2D eigenvalue weighted by Gasteiger charge is 2.05. The molecule has 4 nitrogen and oxygen atoms in total. The van der Waals surface area contributed by atoms with Crippen LogP contribution in [0, 0.1) is 6.92 Å². The number of methoxy groups -OCH3 is 1. The van der Waals surface area contributed by atoms with Crippen molar-refractivity contribution in [1.82, 2.24) is 4.37 Å². The summed E-state index contributed by atoms with van der Waals surface area (Å²) in [6.45, 7) is 2.84. The molecule has 0 amide bonds. The summed E-state index contributed by atoms with van der Waals surface area (Å²) in [4.78, 5) is 0. The van der Waals surface area contributed by atoms with Gasteiger partial charge in [-0.1, -0.05) is 12.1 Å². The molecule has 0 radical (unpaired) electrons. The quantitative estimate of drug-likeness (QED) is 0.870. The number of rotatable bonds is 5. The second-order valence-corrected chi connectivity index (χ2v) is 4.82. The van der Waals surface area contributed by atoms with Gasteiger partial charge in [-0.25, -0.2) is 0 Å². The van der Waals surface area contributed by atoms with Crippen LogP contribution in [0.4, 0.5) is 10.8 Å². The van der Waals surface area contributed by atoms with E-state index in [9.17, 15) is 0 Å². The maximum Gasteiger partial charge on any atom is 0.142 e. The number of aromatic nitrogens is 1. The van der Waals surface area contributed by atoms with E-state index < -0.39 is 0 Å². The van der Waals surface area contributed by atoms with Gasteiger partial charge in [0.25, 0.3) is 0 Å². The van der Waals surface area contributed by atoms with E-state index in [-0.39, 0.29) is 0 Å². The van der Waals surface area contributed by atoms with Gasteiger partial charge in [-0.05, 0) is 42.6 Å². The molecule has 18 heavy (non-hydrogen) atoms. The van der Waals surface area contributed by atoms with Gasteiger partial charge in [-0.3, -0.25) is 0 Å². The van der Waals surface area contributed by atoms with Gasteiger partial charge in [0.05, 0.1) is 7.11 Å². The Bertz CT molecular complexity index is 525. The van der Waals surface area contributed by atoms with Crippen molar-refractivity contribution in [2.45, 2.75) is 13.3 Å². The lowest BCUT2D eigenvalue weighted by atomic mass is 10.1. The molecule has 0 bridgehead atoms. The zero-order chi connectivity index (χ0) is 13.0. The van der Waals surface area contributed by atoms with Gasteiger partial charge in [-0.15, -0.1) is 0 Å². The van der Waals surface area contributed by atoms with Gasteiger partial charge in [-0.2, -0.15) is 4.37 Å². The summed E-state index contributed by atoms with van der Waals surface area (Å²) in [5.74, 6) is 1.51. The third-order valence-corrected chi connectivity index (χ3v) is 3.71. The highest BCUT2D eigenvalue weighted by molar-refractivity contribution is 7.10. The smallest absolute Gasteiger partial charge is 0.142 e. The Morgan fingerprint density at radius 2 is 2.28 bits per heavy atom. The van der Waals surface area contributed by atoms with Gasteiger partial charge in [0.2, 0.25) is 0 Å².